The van der Waals surface area contributed by atoms with Crippen LogP contribution in [0.4, 0.5) is 0 Å². The van der Waals surface area contributed by atoms with E-state index in [1.807, 2.05) is 6.92 Å². The van der Waals surface area contributed by atoms with Gasteiger partial charge < -0.3 is 9.47 Å². The van der Waals surface area contributed by atoms with Gasteiger partial charge in [-0.3, -0.25) is 9.69 Å². The molecule has 0 N–H and O–H groups in total. The Morgan fingerprint density at radius 3 is 2.40 bits per heavy atom. The summed E-state index contributed by atoms with van der Waals surface area (Å²) < 4.78 is 10.9. The van der Waals surface area contributed by atoms with Crippen molar-refractivity contribution in [2.75, 3.05) is 32.8 Å². The van der Waals surface area contributed by atoms with E-state index in [0.29, 0.717) is 25.4 Å². The zero-order valence-corrected chi connectivity index (χ0v) is 16.3. The second-order valence-corrected chi connectivity index (χ2v) is 5.86. The number of hydrogen-bond donors (Lipinski definition) is 0. The molecular weight excluding hydrogens is 314 g/mol. The first kappa shape index (κ1) is 23.2. The molecule has 25 heavy (non-hydrogen) atoms. The van der Waals surface area contributed by atoms with Crippen LogP contribution in [0.5, 0.6) is 0 Å². The van der Waals surface area contributed by atoms with Crippen molar-refractivity contribution in [1.29, 1.82) is 0 Å². The molecule has 0 bridgehead atoms. The fourth-order valence-electron chi connectivity index (χ4n) is 2.37. The summed E-state index contributed by atoms with van der Waals surface area (Å²) in [6.45, 7) is 21.0. The third-order valence-corrected chi connectivity index (χ3v) is 4.03. The lowest BCUT2D eigenvalue weighted by Gasteiger charge is -2.24. The smallest absolute Gasteiger partial charge is 0.309 e. The van der Waals surface area contributed by atoms with E-state index >= 15 is 0 Å². The maximum Gasteiger partial charge on any atom is 0.309 e. The van der Waals surface area contributed by atoms with Crippen molar-refractivity contribution < 1.29 is 14.3 Å². The summed E-state index contributed by atoms with van der Waals surface area (Å²) in [7, 11) is 0. The summed E-state index contributed by atoms with van der Waals surface area (Å²) in [6, 6.07) is 0. The van der Waals surface area contributed by atoms with Crippen LogP contribution in [0.3, 0.4) is 0 Å². The zero-order valence-electron chi connectivity index (χ0n) is 16.3. The van der Waals surface area contributed by atoms with E-state index in [2.05, 4.69) is 38.5 Å². The van der Waals surface area contributed by atoms with E-state index in [4.69, 9.17) is 9.47 Å². The molecule has 0 spiro atoms. The van der Waals surface area contributed by atoms with Crippen molar-refractivity contribution in [1.82, 2.24) is 4.90 Å². The van der Waals surface area contributed by atoms with E-state index in [-0.39, 0.29) is 11.9 Å². The zero-order chi connectivity index (χ0) is 19.1. The molecule has 0 fully saturated rings. The van der Waals surface area contributed by atoms with Crippen LogP contribution in [-0.4, -0.2) is 43.7 Å². The van der Waals surface area contributed by atoms with Gasteiger partial charge in [0, 0.05) is 6.54 Å². The van der Waals surface area contributed by atoms with E-state index in [1.54, 1.807) is 18.2 Å². The molecule has 0 amide bonds. The van der Waals surface area contributed by atoms with Crippen LogP contribution in [0.1, 0.15) is 40.0 Å². The maximum absolute atomic E-state index is 12.2. The topological polar surface area (TPSA) is 38.8 Å². The first-order chi connectivity index (χ1) is 12.0. The van der Waals surface area contributed by atoms with E-state index in [1.165, 1.54) is 5.57 Å². The van der Waals surface area contributed by atoms with Crippen molar-refractivity contribution in [2.24, 2.45) is 5.92 Å². The molecule has 1 unspecified atom stereocenters. The van der Waals surface area contributed by atoms with E-state index < -0.39 is 0 Å². The van der Waals surface area contributed by atoms with Crippen molar-refractivity contribution in [3.05, 3.63) is 49.3 Å². The number of rotatable bonds is 15. The molecule has 4 nitrogen and oxygen atoms in total. The van der Waals surface area contributed by atoms with Crippen LogP contribution in [0.15, 0.2) is 49.3 Å². The number of carbonyl (C=O) groups excluding carboxylic acids is 1. The molecule has 0 radical (unpaired) electrons. The van der Waals surface area contributed by atoms with Gasteiger partial charge in [0.15, 0.2) is 0 Å². The van der Waals surface area contributed by atoms with Crippen molar-refractivity contribution in [2.45, 2.75) is 40.0 Å². The van der Waals surface area contributed by atoms with E-state index in [9.17, 15) is 4.79 Å². The number of likely N-dealkylation sites (N-methyl/N-ethyl adjacent to an activating group) is 1. The Hall–Kier alpha value is -1.81. The van der Waals surface area contributed by atoms with Crippen LogP contribution in [0.2, 0.25) is 0 Å². The Morgan fingerprint density at radius 1 is 1.16 bits per heavy atom. The molecule has 0 heterocycles. The molecule has 0 aromatic rings. The summed E-state index contributed by atoms with van der Waals surface area (Å²) in [4.78, 5) is 14.5. The Labute approximate surface area is 153 Å². The number of allylic oxidation sites excluding steroid dienone is 3. The summed E-state index contributed by atoms with van der Waals surface area (Å²) >= 11 is 0. The minimum atomic E-state index is -0.168. The van der Waals surface area contributed by atoms with Gasteiger partial charge in [-0.15, -0.1) is 0 Å². The quantitative estimate of drug-likeness (QED) is 0.189. The van der Waals surface area contributed by atoms with Crippen molar-refractivity contribution in [3.8, 4) is 0 Å². The van der Waals surface area contributed by atoms with Crippen molar-refractivity contribution in [3.63, 3.8) is 0 Å². The highest BCUT2D eigenvalue weighted by Gasteiger charge is 2.21. The molecule has 0 saturated carbocycles. The Balaban J connectivity index is 4.63. The van der Waals surface area contributed by atoms with Gasteiger partial charge in [-0.25, -0.2) is 0 Å². The third kappa shape index (κ3) is 10.6. The SMILES string of the molecule is C=C/C=C(\C=C)OCCC(CCN(CC)CC(=C)CC)C(=O)OCC. The summed E-state index contributed by atoms with van der Waals surface area (Å²) in [5.74, 6) is 0.343. The van der Waals surface area contributed by atoms with Gasteiger partial charge in [0.1, 0.15) is 5.76 Å². The maximum atomic E-state index is 12.2. The number of carbonyl (C=O) groups is 1. The average molecular weight is 350 g/mol. The van der Waals surface area contributed by atoms with Crippen LogP contribution >= 0.6 is 0 Å². The Morgan fingerprint density at radius 2 is 1.88 bits per heavy atom. The lowest BCUT2D eigenvalue weighted by Crippen LogP contribution is -2.30. The normalized spacial score (nSPS) is 12.6. The number of ether oxygens (including phenoxy) is 2. The predicted octanol–water partition coefficient (Wildman–Crippen LogP) is 4.51. The second kappa shape index (κ2) is 14.5. The molecule has 1 atom stereocenters. The molecule has 0 aromatic carbocycles. The largest absolute Gasteiger partial charge is 0.494 e. The first-order valence-electron chi connectivity index (χ1n) is 9.15. The molecule has 0 rings (SSSR count). The third-order valence-electron chi connectivity index (χ3n) is 4.03. The van der Waals surface area contributed by atoms with Gasteiger partial charge in [0.25, 0.3) is 0 Å². The highest BCUT2D eigenvalue weighted by molar-refractivity contribution is 5.72. The molecule has 0 aliphatic rings. The average Bonchev–Trinajstić information content (AvgIpc) is 2.62. The summed E-state index contributed by atoms with van der Waals surface area (Å²) in [5.41, 5.74) is 1.21. The van der Waals surface area contributed by atoms with Gasteiger partial charge in [0.2, 0.25) is 0 Å². The molecule has 4 heteroatoms. The molecule has 142 valence electrons. The lowest BCUT2D eigenvalue weighted by atomic mass is 10.0. The molecule has 0 aliphatic heterocycles. The standard InChI is InChI=1S/C21H35NO3/c1-7-12-20(9-3)25-16-14-19(21(23)24-11-5)13-15-22(10-4)17-18(6)8-2/h7,9,12,19H,1,3,6,8,10-11,13-17H2,2,4-5H3/b20-12+. The summed E-state index contributed by atoms with van der Waals surface area (Å²) in [6.07, 6.45) is 7.39. The molecule has 0 aliphatic carbocycles. The second-order valence-electron chi connectivity index (χ2n) is 5.86. The lowest BCUT2D eigenvalue weighted by molar-refractivity contribution is -0.149. The predicted molar refractivity (Wildman–Crippen MR) is 105 cm³/mol. The summed E-state index contributed by atoms with van der Waals surface area (Å²) in [5, 5.41) is 0. The van der Waals surface area contributed by atoms with Crippen LogP contribution in [0, 0.1) is 5.92 Å². The van der Waals surface area contributed by atoms with E-state index in [0.717, 1.165) is 32.5 Å². The fraction of sp³-hybridized carbons (Fsp3) is 0.571. The van der Waals surface area contributed by atoms with Gasteiger partial charge in [-0.2, -0.15) is 0 Å². The van der Waals surface area contributed by atoms with Gasteiger partial charge >= 0.3 is 5.97 Å². The number of esters is 1. The van der Waals surface area contributed by atoms with Gasteiger partial charge in [-0.05, 0) is 51.4 Å². The molecule has 0 saturated heterocycles. The molecular formula is C21H35NO3. The van der Waals surface area contributed by atoms with Gasteiger partial charge in [0.05, 0.1) is 19.1 Å². The minimum Gasteiger partial charge on any atom is -0.494 e. The highest BCUT2D eigenvalue weighted by Crippen LogP contribution is 2.15. The van der Waals surface area contributed by atoms with Gasteiger partial charge in [-0.1, -0.05) is 45.2 Å². The monoisotopic (exact) mass is 349 g/mol. The molecule has 0 aromatic heterocycles. The van der Waals surface area contributed by atoms with Crippen molar-refractivity contribution >= 4 is 5.97 Å². The Kier molecular flexibility index (Phi) is 13.5. The van der Waals surface area contributed by atoms with Crippen LogP contribution in [0.25, 0.3) is 0 Å². The highest BCUT2D eigenvalue weighted by atomic mass is 16.5. The fourth-order valence-corrected chi connectivity index (χ4v) is 2.37. The van der Waals surface area contributed by atoms with Crippen LogP contribution in [-0.2, 0) is 14.3 Å². The number of nitrogens with zero attached hydrogens (tertiary/aromatic N) is 1. The van der Waals surface area contributed by atoms with Crippen LogP contribution < -0.4 is 0 Å². The Bertz CT molecular complexity index is 454. The number of hydrogen-bond acceptors (Lipinski definition) is 4. The minimum absolute atomic E-state index is 0.149. The first-order valence-corrected chi connectivity index (χ1v) is 9.15.